The molecule has 2 nitrogen and oxygen atoms in total. The van der Waals surface area contributed by atoms with Gasteiger partial charge in [-0.1, -0.05) is 36.4 Å². The van der Waals surface area contributed by atoms with Gasteiger partial charge in [0, 0.05) is 11.8 Å². The van der Waals surface area contributed by atoms with Crippen molar-refractivity contribution in [1.29, 1.82) is 0 Å². The molecule has 0 heterocycles. The second kappa shape index (κ2) is 7.15. The minimum atomic E-state index is 0.0984. The lowest BCUT2D eigenvalue weighted by molar-refractivity contribution is 0.211. The Balaban J connectivity index is 2.06. The zero-order valence-electron chi connectivity index (χ0n) is 12.2. The molecule has 0 saturated carbocycles. The summed E-state index contributed by atoms with van der Waals surface area (Å²) in [5.41, 5.74) is 2.86. The minimum Gasteiger partial charge on any atom is -0.491 e. The monoisotopic (exact) mass is 299 g/mol. The summed E-state index contributed by atoms with van der Waals surface area (Å²) in [4.78, 5) is 3.39. The van der Waals surface area contributed by atoms with E-state index in [1.165, 1.54) is 0 Å². The Hall–Kier alpha value is -1.98. The van der Waals surface area contributed by atoms with Crippen molar-refractivity contribution in [3.05, 3.63) is 59.9 Å². The van der Waals surface area contributed by atoms with Gasteiger partial charge in [-0.2, -0.15) is 0 Å². The molecule has 0 aliphatic carbocycles. The summed E-state index contributed by atoms with van der Waals surface area (Å²) >= 11 is 5.97. The number of rotatable bonds is 5. The van der Waals surface area contributed by atoms with Crippen molar-refractivity contribution in [2.24, 2.45) is 0 Å². The van der Waals surface area contributed by atoms with Crippen molar-refractivity contribution in [3.8, 4) is 16.9 Å². The molecular formula is C18H18ClNO. The highest BCUT2D eigenvalue weighted by Gasteiger charge is 2.08. The van der Waals surface area contributed by atoms with Crippen LogP contribution in [-0.2, 0) is 0 Å². The van der Waals surface area contributed by atoms with Crippen LogP contribution in [0, 0.1) is 6.57 Å². The second-order valence-corrected chi connectivity index (χ2v) is 5.87. The fourth-order valence-corrected chi connectivity index (χ4v) is 2.44. The zero-order valence-corrected chi connectivity index (χ0v) is 13.0. The Morgan fingerprint density at radius 3 is 2.00 bits per heavy atom. The summed E-state index contributed by atoms with van der Waals surface area (Å²) in [5, 5.41) is 0.111. The van der Waals surface area contributed by atoms with E-state index in [1.54, 1.807) is 0 Å². The molecule has 3 heteroatoms. The van der Waals surface area contributed by atoms with E-state index in [1.807, 2.05) is 62.4 Å². The molecule has 0 amide bonds. The molecule has 0 spiro atoms. The molecule has 0 saturated heterocycles. The number of nitrogens with zero attached hydrogens (tertiary/aromatic N) is 1. The van der Waals surface area contributed by atoms with Crippen molar-refractivity contribution in [3.63, 3.8) is 0 Å². The van der Waals surface area contributed by atoms with Crippen molar-refractivity contribution < 1.29 is 4.74 Å². The highest BCUT2D eigenvalue weighted by Crippen LogP contribution is 2.25. The molecule has 0 radical (unpaired) electrons. The first-order valence-electron chi connectivity index (χ1n) is 6.97. The summed E-state index contributed by atoms with van der Waals surface area (Å²) in [5.74, 6) is 0.848. The molecule has 0 aromatic heterocycles. The predicted molar refractivity (Wildman–Crippen MR) is 88.2 cm³/mol. The van der Waals surface area contributed by atoms with Crippen LogP contribution in [0.15, 0.2) is 48.5 Å². The van der Waals surface area contributed by atoms with Gasteiger partial charge in [-0.05, 0) is 37.1 Å². The molecule has 2 rings (SSSR count). The SMILES string of the molecule is [C-]#[N+]c1ccc(-c2ccc(OC(C)CC(C)Cl)cc2)cc1. The first kappa shape index (κ1) is 15.4. The van der Waals surface area contributed by atoms with Gasteiger partial charge in [0.15, 0.2) is 5.69 Å². The number of hydrogen-bond acceptors (Lipinski definition) is 1. The highest BCUT2D eigenvalue weighted by molar-refractivity contribution is 6.20. The van der Waals surface area contributed by atoms with E-state index in [2.05, 4.69) is 4.85 Å². The van der Waals surface area contributed by atoms with Gasteiger partial charge >= 0.3 is 0 Å². The van der Waals surface area contributed by atoms with Crippen molar-refractivity contribution in [2.45, 2.75) is 31.7 Å². The molecule has 0 aliphatic heterocycles. The largest absolute Gasteiger partial charge is 0.491 e. The summed E-state index contributed by atoms with van der Waals surface area (Å²) in [6, 6.07) is 15.6. The fraction of sp³-hybridized carbons (Fsp3) is 0.278. The summed E-state index contributed by atoms with van der Waals surface area (Å²) in [7, 11) is 0. The number of benzene rings is 2. The van der Waals surface area contributed by atoms with Crippen LogP contribution in [-0.4, -0.2) is 11.5 Å². The van der Waals surface area contributed by atoms with E-state index in [0.29, 0.717) is 5.69 Å². The highest BCUT2D eigenvalue weighted by atomic mass is 35.5. The van der Waals surface area contributed by atoms with Crippen LogP contribution in [0.25, 0.3) is 16.0 Å². The second-order valence-electron chi connectivity index (χ2n) is 5.13. The molecule has 0 bridgehead atoms. The van der Waals surface area contributed by atoms with Gasteiger partial charge in [0.25, 0.3) is 0 Å². The third kappa shape index (κ3) is 4.51. The number of alkyl halides is 1. The molecule has 0 N–H and O–H groups in total. The van der Waals surface area contributed by atoms with E-state index >= 15 is 0 Å². The molecule has 108 valence electrons. The topological polar surface area (TPSA) is 13.6 Å². The van der Waals surface area contributed by atoms with Gasteiger partial charge in [-0.3, -0.25) is 0 Å². The molecular weight excluding hydrogens is 282 g/mol. The maximum absolute atomic E-state index is 6.96. The van der Waals surface area contributed by atoms with Crippen LogP contribution in [0.4, 0.5) is 5.69 Å². The lowest BCUT2D eigenvalue weighted by atomic mass is 10.1. The number of hydrogen-bond donors (Lipinski definition) is 0. The van der Waals surface area contributed by atoms with Crippen molar-refractivity contribution in [2.75, 3.05) is 0 Å². The third-order valence-corrected chi connectivity index (χ3v) is 3.36. The molecule has 0 aliphatic rings. The Bertz CT molecular complexity index is 611. The van der Waals surface area contributed by atoms with E-state index in [4.69, 9.17) is 22.9 Å². The van der Waals surface area contributed by atoms with Crippen LogP contribution in [0.1, 0.15) is 20.3 Å². The molecule has 2 aromatic carbocycles. The lowest BCUT2D eigenvalue weighted by Gasteiger charge is -2.16. The Morgan fingerprint density at radius 2 is 1.52 bits per heavy atom. The number of ether oxygens (including phenoxy) is 1. The average molecular weight is 300 g/mol. The maximum atomic E-state index is 6.96. The predicted octanol–water partition coefficient (Wildman–Crippen LogP) is 5.69. The van der Waals surface area contributed by atoms with E-state index < -0.39 is 0 Å². The first-order chi connectivity index (χ1) is 10.1. The maximum Gasteiger partial charge on any atom is 0.187 e. The summed E-state index contributed by atoms with van der Waals surface area (Å²) in [6.07, 6.45) is 0.919. The normalized spacial score (nSPS) is 13.2. The van der Waals surface area contributed by atoms with Crippen LogP contribution in [0.5, 0.6) is 5.75 Å². The molecule has 21 heavy (non-hydrogen) atoms. The Morgan fingerprint density at radius 1 is 1.00 bits per heavy atom. The quantitative estimate of drug-likeness (QED) is 0.511. The van der Waals surface area contributed by atoms with Crippen molar-refractivity contribution >= 4 is 17.3 Å². The van der Waals surface area contributed by atoms with Crippen molar-refractivity contribution in [1.82, 2.24) is 0 Å². The van der Waals surface area contributed by atoms with Gasteiger partial charge in [0.05, 0.1) is 12.7 Å². The zero-order chi connectivity index (χ0) is 15.2. The van der Waals surface area contributed by atoms with Crippen LogP contribution in [0.2, 0.25) is 0 Å². The Kier molecular flexibility index (Phi) is 5.25. The minimum absolute atomic E-state index is 0.0984. The molecule has 0 fully saturated rings. The van der Waals surface area contributed by atoms with E-state index in [0.717, 1.165) is 23.3 Å². The van der Waals surface area contributed by atoms with Crippen LogP contribution >= 0.6 is 11.6 Å². The smallest absolute Gasteiger partial charge is 0.187 e. The van der Waals surface area contributed by atoms with Crippen LogP contribution in [0.3, 0.4) is 0 Å². The van der Waals surface area contributed by atoms with Gasteiger partial charge in [-0.15, -0.1) is 11.6 Å². The van der Waals surface area contributed by atoms with Gasteiger partial charge in [0.2, 0.25) is 0 Å². The first-order valence-corrected chi connectivity index (χ1v) is 7.41. The number of halogens is 1. The van der Waals surface area contributed by atoms with E-state index in [-0.39, 0.29) is 11.5 Å². The standard InChI is InChI=1S/C18H18ClNO/c1-13(19)12-14(2)21-18-10-6-16(7-11-18)15-4-8-17(20-3)9-5-15/h4-11,13-14H,12H2,1-2H3. The van der Waals surface area contributed by atoms with Gasteiger partial charge in [0.1, 0.15) is 5.75 Å². The summed E-state index contributed by atoms with van der Waals surface area (Å²) in [6.45, 7) is 11.0. The van der Waals surface area contributed by atoms with Crippen LogP contribution < -0.4 is 4.74 Å². The van der Waals surface area contributed by atoms with E-state index in [9.17, 15) is 0 Å². The fourth-order valence-electron chi connectivity index (χ4n) is 2.19. The lowest BCUT2D eigenvalue weighted by Crippen LogP contribution is -2.15. The van der Waals surface area contributed by atoms with Gasteiger partial charge in [-0.25, -0.2) is 4.85 Å². The molecule has 2 atom stereocenters. The Labute approximate surface area is 131 Å². The summed E-state index contributed by atoms with van der Waals surface area (Å²) < 4.78 is 5.83. The third-order valence-electron chi connectivity index (χ3n) is 3.18. The molecule has 2 unspecified atom stereocenters. The van der Waals surface area contributed by atoms with Gasteiger partial charge < -0.3 is 4.74 Å². The average Bonchev–Trinajstić information content (AvgIpc) is 2.47. The molecule has 2 aromatic rings.